The minimum atomic E-state index is -0.362. The van der Waals surface area contributed by atoms with Crippen LogP contribution >= 0.6 is 0 Å². The summed E-state index contributed by atoms with van der Waals surface area (Å²) in [6, 6.07) is 5.90. The van der Waals surface area contributed by atoms with Gasteiger partial charge >= 0.3 is 0 Å². The molecule has 2 amide bonds. The molecule has 0 unspecified atom stereocenters. The Labute approximate surface area is 160 Å². The molecule has 0 atom stereocenters. The number of imidazole rings is 1. The zero-order valence-corrected chi connectivity index (χ0v) is 16.8. The number of hydrogen-bond donors (Lipinski definition) is 2. The lowest BCUT2D eigenvalue weighted by atomic mass is 10.1. The van der Waals surface area contributed by atoms with Crippen molar-refractivity contribution in [2.24, 2.45) is 0 Å². The van der Waals surface area contributed by atoms with Crippen LogP contribution in [-0.4, -0.2) is 26.9 Å². The van der Waals surface area contributed by atoms with E-state index in [9.17, 15) is 9.59 Å². The summed E-state index contributed by atoms with van der Waals surface area (Å²) in [5.41, 5.74) is 3.66. The fraction of sp³-hybridized carbons (Fsp3) is 0.476. The molecular weight excluding hydrogens is 340 g/mol. The fourth-order valence-corrected chi connectivity index (χ4v) is 3.48. The van der Waals surface area contributed by atoms with Crippen molar-refractivity contribution < 1.29 is 9.59 Å². The minimum Gasteiger partial charge on any atom is -0.345 e. The first-order valence-corrected chi connectivity index (χ1v) is 9.47. The van der Waals surface area contributed by atoms with Crippen molar-refractivity contribution in [1.29, 1.82) is 0 Å². The maximum Gasteiger partial charge on any atom is 0.287 e. The Hall–Kier alpha value is -2.63. The number of fused-ring (bicyclic) bond motifs is 1. The number of aryl methyl sites for hydroxylation is 2. The highest BCUT2D eigenvalue weighted by Gasteiger charge is 2.29. The SMILES string of the molecule is Cc1cccc(C)c1NC(=O)c1nc(C(=O)NC(C)(C)C)n2c1CCCC2. The molecule has 0 fully saturated rings. The lowest BCUT2D eigenvalue weighted by Gasteiger charge is -2.22. The maximum absolute atomic E-state index is 13.0. The van der Waals surface area contributed by atoms with Crippen LogP contribution in [0.2, 0.25) is 0 Å². The molecule has 0 aliphatic carbocycles. The van der Waals surface area contributed by atoms with E-state index in [1.807, 2.05) is 57.4 Å². The molecule has 144 valence electrons. The van der Waals surface area contributed by atoms with E-state index < -0.39 is 0 Å². The number of para-hydroxylation sites is 1. The van der Waals surface area contributed by atoms with Crippen molar-refractivity contribution in [2.45, 2.75) is 66.0 Å². The van der Waals surface area contributed by atoms with Gasteiger partial charge < -0.3 is 15.2 Å². The van der Waals surface area contributed by atoms with E-state index >= 15 is 0 Å². The number of nitrogens with zero attached hydrogens (tertiary/aromatic N) is 2. The van der Waals surface area contributed by atoms with Gasteiger partial charge in [-0.1, -0.05) is 18.2 Å². The van der Waals surface area contributed by atoms with E-state index in [1.54, 1.807) is 0 Å². The highest BCUT2D eigenvalue weighted by atomic mass is 16.2. The first kappa shape index (κ1) is 19.1. The van der Waals surface area contributed by atoms with Crippen molar-refractivity contribution in [3.05, 3.63) is 46.5 Å². The van der Waals surface area contributed by atoms with E-state index in [2.05, 4.69) is 15.6 Å². The van der Waals surface area contributed by atoms with Gasteiger partial charge in [0.2, 0.25) is 0 Å². The normalized spacial score (nSPS) is 13.8. The first-order chi connectivity index (χ1) is 12.7. The molecule has 0 radical (unpaired) electrons. The number of carbonyl (C=O) groups is 2. The third-order valence-corrected chi connectivity index (χ3v) is 4.74. The van der Waals surface area contributed by atoms with E-state index in [1.165, 1.54) is 0 Å². The van der Waals surface area contributed by atoms with Crippen molar-refractivity contribution in [2.75, 3.05) is 5.32 Å². The van der Waals surface area contributed by atoms with Gasteiger partial charge in [-0.25, -0.2) is 4.98 Å². The number of amides is 2. The molecule has 1 aromatic heterocycles. The van der Waals surface area contributed by atoms with Gasteiger partial charge in [0.1, 0.15) is 0 Å². The lowest BCUT2D eigenvalue weighted by Crippen LogP contribution is -2.42. The fourth-order valence-electron chi connectivity index (χ4n) is 3.48. The van der Waals surface area contributed by atoms with Gasteiger partial charge in [0.15, 0.2) is 11.5 Å². The standard InChI is InChI=1S/C21H28N4O2/c1-13-9-8-10-14(2)16(13)23-19(26)17-15-11-6-7-12-25(15)18(22-17)20(27)24-21(3,4)5/h8-10H,6-7,11-12H2,1-5H3,(H,23,26)(H,24,27). The van der Waals surface area contributed by atoms with Gasteiger partial charge in [0.25, 0.3) is 11.8 Å². The van der Waals surface area contributed by atoms with Gasteiger partial charge in [-0.3, -0.25) is 9.59 Å². The van der Waals surface area contributed by atoms with Crippen LogP contribution in [0.25, 0.3) is 0 Å². The molecule has 0 saturated heterocycles. The smallest absolute Gasteiger partial charge is 0.287 e. The molecule has 3 rings (SSSR count). The van der Waals surface area contributed by atoms with Gasteiger partial charge in [-0.15, -0.1) is 0 Å². The summed E-state index contributed by atoms with van der Waals surface area (Å²) in [7, 11) is 0. The zero-order valence-electron chi connectivity index (χ0n) is 16.8. The van der Waals surface area contributed by atoms with Gasteiger partial charge in [-0.2, -0.15) is 0 Å². The topological polar surface area (TPSA) is 76.0 Å². The molecule has 2 heterocycles. The number of aromatic nitrogens is 2. The van der Waals surface area contributed by atoms with Crippen molar-refractivity contribution >= 4 is 17.5 Å². The van der Waals surface area contributed by atoms with Crippen LogP contribution in [0, 0.1) is 13.8 Å². The van der Waals surface area contributed by atoms with Crippen LogP contribution in [0.5, 0.6) is 0 Å². The Morgan fingerprint density at radius 2 is 1.74 bits per heavy atom. The Morgan fingerprint density at radius 1 is 1.07 bits per heavy atom. The minimum absolute atomic E-state index is 0.239. The third-order valence-electron chi connectivity index (χ3n) is 4.74. The average Bonchev–Trinajstić information content (AvgIpc) is 2.96. The quantitative estimate of drug-likeness (QED) is 0.869. The maximum atomic E-state index is 13.0. The van der Waals surface area contributed by atoms with Crippen LogP contribution in [0.1, 0.15) is 71.5 Å². The Kier molecular flexibility index (Phi) is 5.09. The Morgan fingerprint density at radius 3 is 2.37 bits per heavy atom. The number of carbonyl (C=O) groups excluding carboxylic acids is 2. The van der Waals surface area contributed by atoms with E-state index in [0.29, 0.717) is 18.1 Å². The average molecular weight is 368 g/mol. The summed E-state index contributed by atoms with van der Waals surface area (Å²) < 4.78 is 1.91. The monoisotopic (exact) mass is 368 g/mol. The summed E-state index contributed by atoms with van der Waals surface area (Å²) in [6.07, 6.45) is 2.73. The predicted octanol–water partition coefficient (Wildman–Crippen LogP) is 3.62. The van der Waals surface area contributed by atoms with Crippen LogP contribution in [0.4, 0.5) is 5.69 Å². The lowest BCUT2D eigenvalue weighted by molar-refractivity contribution is 0.0903. The molecule has 6 heteroatoms. The van der Waals surface area contributed by atoms with E-state index in [4.69, 9.17) is 0 Å². The van der Waals surface area contributed by atoms with Gasteiger partial charge in [-0.05, 0) is 65.0 Å². The molecule has 0 bridgehead atoms. The summed E-state index contributed by atoms with van der Waals surface area (Å²) in [4.78, 5) is 30.2. The van der Waals surface area contributed by atoms with Crippen LogP contribution in [0.15, 0.2) is 18.2 Å². The predicted molar refractivity (Wildman–Crippen MR) is 106 cm³/mol. The molecule has 0 spiro atoms. The molecule has 2 aromatic rings. The second kappa shape index (κ2) is 7.18. The molecule has 2 N–H and O–H groups in total. The van der Waals surface area contributed by atoms with E-state index in [-0.39, 0.29) is 17.4 Å². The summed E-state index contributed by atoms with van der Waals surface area (Å²) in [5, 5.41) is 5.95. The number of nitrogens with one attached hydrogen (secondary N) is 2. The largest absolute Gasteiger partial charge is 0.345 e. The zero-order chi connectivity index (χ0) is 19.8. The second-order valence-electron chi connectivity index (χ2n) is 8.26. The van der Waals surface area contributed by atoms with Crippen LogP contribution in [-0.2, 0) is 13.0 Å². The number of benzene rings is 1. The summed E-state index contributed by atoms with van der Waals surface area (Å²) >= 11 is 0. The third kappa shape index (κ3) is 4.04. The van der Waals surface area contributed by atoms with E-state index in [0.717, 1.165) is 41.8 Å². The summed E-state index contributed by atoms with van der Waals surface area (Å²) in [6.45, 7) is 10.4. The van der Waals surface area contributed by atoms with Crippen molar-refractivity contribution in [3.8, 4) is 0 Å². The molecule has 1 aliphatic heterocycles. The molecule has 0 saturated carbocycles. The molecular formula is C21H28N4O2. The summed E-state index contributed by atoms with van der Waals surface area (Å²) in [5.74, 6) is -0.170. The van der Waals surface area contributed by atoms with Gasteiger partial charge in [0, 0.05) is 17.8 Å². The second-order valence-corrected chi connectivity index (χ2v) is 8.26. The van der Waals surface area contributed by atoms with Crippen LogP contribution < -0.4 is 10.6 Å². The highest BCUT2D eigenvalue weighted by molar-refractivity contribution is 6.05. The highest BCUT2D eigenvalue weighted by Crippen LogP contribution is 2.24. The molecule has 6 nitrogen and oxygen atoms in total. The number of hydrogen-bond acceptors (Lipinski definition) is 3. The van der Waals surface area contributed by atoms with Crippen molar-refractivity contribution in [3.63, 3.8) is 0 Å². The Balaban J connectivity index is 1.96. The first-order valence-electron chi connectivity index (χ1n) is 9.47. The van der Waals surface area contributed by atoms with Crippen molar-refractivity contribution in [1.82, 2.24) is 14.9 Å². The molecule has 27 heavy (non-hydrogen) atoms. The molecule has 1 aromatic carbocycles. The van der Waals surface area contributed by atoms with Crippen LogP contribution in [0.3, 0.4) is 0 Å². The Bertz CT molecular complexity index is 870. The number of anilines is 1. The van der Waals surface area contributed by atoms with Gasteiger partial charge in [0.05, 0.1) is 5.69 Å². The molecule has 1 aliphatic rings. The number of rotatable bonds is 3.